The Morgan fingerprint density at radius 2 is 1.56 bits per heavy atom. The van der Waals surface area contributed by atoms with Gasteiger partial charge in [0.2, 0.25) is 5.91 Å². The van der Waals surface area contributed by atoms with Crippen molar-refractivity contribution in [3.63, 3.8) is 0 Å². The molecule has 0 radical (unpaired) electrons. The van der Waals surface area contributed by atoms with E-state index in [1.165, 1.54) is 20.9 Å². The van der Waals surface area contributed by atoms with Crippen molar-refractivity contribution in [1.82, 2.24) is 15.1 Å². The van der Waals surface area contributed by atoms with Gasteiger partial charge >= 0.3 is 0 Å². The molecule has 3 aliphatic heterocycles. The first-order chi connectivity index (χ1) is 23.5. The van der Waals surface area contributed by atoms with Gasteiger partial charge in [-0.05, 0) is 86.2 Å². The number of nitrogens with zero attached hydrogens (tertiary/aromatic N) is 3. The zero-order valence-corrected chi connectivity index (χ0v) is 29.0. The summed E-state index contributed by atoms with van der Waals surface area (Å²) in [6.45, 7) is 11.0. The maximum atomic E-state index is 14.0. The number of nitrogens with one attached hydrogen (secondary N) is 1. The van der Waals surface area contributed by atoms with E-state index in [0.717, 1.165) is 92.9 Å². The maximum Gasteiger partial charge on any atom is 0.254 e. The fourth-order valence-electron chi connectivity index (χ4n) is 7.86. The van der Waals surface area contributed by atoms with Crippen LogP contribution in [0.4, 0.5) is 5.69 Å². The highest BCUT2D eigenvalue weighted by atomic mass is 32.2. The average molecular weight is 659 g/mol. The zero-order valence-electron chi connectivity index (χ0n) is 28.2. The van der Waals surface area contributed by atoms with Gasteiger partial charge in [0.1, 0.15) is 5.41 Å². The Kier molecular flexibility index (Phi) is 9.60. The number of benzene rings is 4. The standard InChI is InChI=1S/C41H46N4O2S/c1-3-42-40(47)41(35-13-4-6-15-37(35)48-38-16-7-5-14-36(38)41)20-8-9-21-43-23-25-44(26-24-43)33-18-17-32-19-22-45(39(46)34(32)28-33)29-31-12-10-11-30(2)27-31/h4-7,10-18,27-28H,3,8-9,19-26,29H2,1-2H3,(H,42,47). The number of anilines is 1. The van der Waals surface area contributed by atoms with Gasteiger partial charge < -0.3 is 15.1 Å². The van der Waals surface area contributed by atoms with Crippen LogP contribution in [0.15, 0.2) is 101 Å². The van der Waals surface area contributed by atoms with E-state index in [1.807, 2.05) is 11.8 Å². The number of carbonyl (C=O) groups excluding carboxylic acids is 2. The monoisotopic (exact) mass is 658 g/mol. The number of rotatable bonds is 10. The van der Waals surface area contributed by atoms with E-state index in [9.17, 15) is 9.59 Å². The van der Waals surface area contributed by atoms with Crippen molar-refractivity contribution >= 4 is 29.3 Å². The minimum absolute atomic E-state index is 0.112. The molecule has 1 N–H and O–H groups in total. The lowest BCUT2D eigenvalue weighted by Gasteiger charge is -2.40. The van der Waals surface area contributed by atoms with Crippen molar-refractivity contribution in [3.05, 3.63) is 124 Å². The number of piperazine rings is 1. The Morgan fingerprint density at radius 3 is 2.27 bits per heavy atom. The number of carbonyl (C=O) groups is 2. The Balaban J connectivity index is 0.970. The van der Waals surface area contributed by atoms with Crippen molar-refractivity contribution in [3.8, 4) is 0 Å². The number of likely N-dealkylation sites (N-methyl/N-ethyl adjacent to an activating group) is 1. The molecule has 7 heteroatoms. The van der Waals surface area contributed by atoms with Gasteiger partial charge in [-0.2, -0.15) is 0 Å². The van der Waals surface area contributed by atoms with Crippen molar-refractivity contribution in [1.29, 1.82) is 0 Å². The Morgan fingerprint density at radius 1 is 0.833 bits per heavy atom. The van der Waals surface area contributed by atoms with E-state index in [0.29, 0.717) is 13.1 Å². The van der Waals surface area contributed by atoms with Gasteiger partial charge in [0, 0.05) is 66.9 Å². The van der Waals surface area contributed by atoms with E-state index in [4.69, 9.17) is 0 Å². The van der Waals surface area contributed by atoms with Crippen molar-refractivity contribution in [2.45, 2.75) is 61.3 Å². The first-order valence-electron chi connectivity index (χ1n) is 17.6. The van der Waals surface area contributed by atoms with E-state index in [-0.39, 0.29) is 11.8 Å². The van der Waals surface area contributed by atoms with Crippen LogP contribution >= 0.6 is 11.8 Å². The molecule has 6 nitrogen and oxygen atoms in total. The van der Waals surface area contributed by atoms with Crippen LogP contribution in [-0.2, 0) is 23.2 Å². The summed E-state index contributed by atoms with van der Waals surface area (Å²) in [6.07, 6.45) is 3.70. The summed E-state index contributed by atoms with van der Waals surface area (Å²) in [5.74, 6) is 0.256. The molecule has 0 unspecified atom stereocenters. The lowest BCUT2D eigenvalue weighted by atomic mass is 9.69. The summed E-state index contributed by atoms with van der Waals surface area (Å²) in [6, 6.07) is 31.9. The zero-order chi connectivity index (χ0) is 33.1. The minimum atomic E-state index is -0.674. The molecule has 1 saturated heterocycles. The molecule has 0 spiro atoms. The summed E-state index contributed by atoms with van der Waals surface area (Å²) >= 11 is 1.77. The van der Waals surface area contributed by atoms with Crippen LogP contribution in [0.3, 0.4) is 0 Å². The smallest absolute Gasteiger partial charge is 0.254 e. The fourth-order valence-corrected chi connectivity index (χ4v) is 9.10. The Bertz CT molecular complexity index is 1750. The number of aryl methyl sites for hydroxylation is 1. The van der Waals surface area contributed by atoms with E-state index < -0.39 is 5.41 Å². The molecule has 0 aromatic heterocycles. The van der Waals surface area contributed by atoms with Gasteiger partial charge in [-0.1, -0.05) is 90.5 Å². The normalized spacial score (nSPS) is 17.0. The highest BCUT2D eigenvalue weighted by Crippen LogP contribution is 2.51. The van der Waals surface area contributed by atoms with Crippen LogP contribution in [0.1, 0.15) is 64.4 Å². The van der Waals surface area contributed by atoms with Crippen molar-refractivity contribution < 1.29 is 9.59 Å². The molecule has 4 aromatic rings. The number of fused-ring (bicyclic) bond motifs is 3. The van der Waals surface area contributed by atoms with E-state index in [1.54, 1.807) is 11.8 Å². The van der Waals surface area contributed by atoms with Gasteiger partial charge in [0.05, 0.1) is 0 Å². The fraction of sp³-hybridized carbons (Fsp3) is 0.366. The molecule has 1 fully saturated rings. The maximum absolute atomic E-state index is 14.0. The van der Waals surface area contributed by atoms with Gasteiger partial charge in [-0.3, -0.25) is 14.5 Å². The summed E-state index contributed by atoms with van der Waals surface area (Å²) in [7, 11) is 0. The van der Waals surface area contributed by atoms with Gasteiger partial charge in [0.15, 0.2) is 0 Å². The SMILES string of the molecule is CCNC(=O)C1(CCCCN2CCN(c3ccc4c(c3)C(=O)N(Cc3cccc(C)c3)CC4)CC2)c2ccccc2Sc2ccccc21. The lowest BCUT2D eigenvalue weighted by molar-refractivity contribution is -0.125. The molecule has 4 aromatic carbocycles. The summed E-state index contributed by atoms with van der Waals surface area (Å²) in [5, 5.41) is 3.20. The van der Waals surface area contributed by atoms with Gasteiger partial charge in [-0.25, -0.2) is 0 Å². The topological polar surface area (TPSA) is 55.9 Å². The molecule has 2 amide bonds. The second-order valence-corrected chi connectivity index (χ2v) is 14.5. The van der Waals surface area contributed by atoms with Crippen molar-refractivity contribution in [2.24, 2.45) is 0 Å². The molecular formula is C41H46N4O2S. The Labute approximate surface area is 289 Å². The molecule has 0 bridgehead atoms. The van der Waals surface area contributed by atoms with Gasteiger partial charge in [-0.15, -0.1) is 0 Å². The molecule has 0 aliphatic carbocycles. The number of hydrogen-bond acceptors (Lipinski definition) is 5. The van der Waals surface area contributed by atoms with Crippen LogP contribution in [-0.4, -0.2) is 67.4 Å². The predicted molar refractivity (Wildman–Crippen MR) is 195 cm³/mol. The minimum Gasteiger partial charge on any atom is -0.369 e. The molecule has 0 saturated carbocycles. The van der Waals surface area contributed by atoms with Crippen LogP contribution in [0.5, 0.6) is 0 Å². The number of unbranched alkanes of at least 4 members (excludes halogenated alkanes) is 1. The van der Waals surface area contributed by atoms with Crippen LogP contribution < -0.4 is 10.2 Å². The van der Waals surface area contributed by atoms with E-state index in [2.05, 4.69) is 113 Å². The quantitative estimate of drug-likeness (QED) is 0.185. The largest absolute Gasteiger partial charge is 0.369 e. The van der Waals surface area contributed by atoms with Gasteiger partial charge in [0.25, 0.3) is 5.91 Å². The highest BCUT2D eigenvalue weighted by molar-refractivity contribution is 7.99. The molecule has 48 heavy (non-hydrogen) atoms. The third-order valence-corrected chi connectivity index (χ3v) is 11.5. The third kappa shape index (κ3) is 6.38. The number of hydrogen-bond donors (Lipinski definition) is 1. The molecule has 248 valence electrons. The van der Waals surface area contributed by atoms with Crippen LogP contribution in [0, 0.1) is 6.92 Å². The molecule has 7 rings (SSSR count). The summed E-state index contributed by atoms with van der Waals surface area (Å²) in [5.41, 5.74) is 7.18. The lowest BCUT2D eigenvalue weighted by Crippen LogP contribution is -2.48. The molecule has 3 heterocycles. The Hall–Kier alpha value is -4.07. The van der Waals surface area contributed by atoms with Crippen LogP contribution in [0.25, 0.3) is 0 Å². The molecule has 0 atom stereocenters. The van der Waals surface area contributed by atoms with E-state index >= 15 is 0 Å². The average Bonchev–Trinajstić information content (AvgIpc) is 3.11. The third-order valence-electron chi connectivity index (χ3n) is 10.4. The number of amides is 2. The second kappa shape index (κ2) is 14.2. The second-order valence-electron chi connectivity index (χ2n) is 13.5. The molecule has 3 aliphatic rings. The highest BCUT2D eigenvalue weighted by Gasteiger charge is 2.46. The van der Waals surface area contributed by atoms with Crippen LogP contribution in [0.2, 0.25) is 0 Å². The first kappa shape index (κ1) is 32.5. The summed E-state index contributed by atoms with van der Waals surface area (Å²) in [4.78, 5) is 36.9. The molecular weight excluding hydrogens is 613 g/mol. The summed E-state index contributed by atoms with van der Waals surface area (Å²) < 4.78 is 0. The van der Waals surface area contributed by atoms with Crippen molar-refractivity contribution in [2.75, 3.05) is 50.7 Å². The predicted octanol–water partition coefficient (Wildman–Crippen LogP) is 7.07. The first-order valence-corrected chi connectivity index (χ1v) is 18.4.